The Morgan fingerprint density at radius 2 is 1.50 bits per heavy atom. The van der Waals surface area contributed by atoms with Crippen LogP contribution in [0.4, 0.5) is 17.6 Å². The summed E-state index contributed by atoms with van der Waals surface area (Å²) >= 11 is 0. The highest BCUT2D eigenvalue weighted by molar-refractivity contribution is 5.92. The van der Waals surface area contributed by atoms with E-state index in [0.29, 0.717) is 23.8 Å². The maximum Gasteiger partial charge on any atom is 0.416 e. The van der Waals surface area contributed by atoms with Gasteiger partial charge in [-0.1, -0.05) is 48.5 Å². The zero-order chi connectivity index (χ0) is 18.7. The van der Waals surface area contributed by atoms with Crippen LogP contribution in [0.1, 0.15) is 15.9 Å². The maximum absolute atomic E-state index is 13.5. The number of halogens is 4. The Kier molecular flexibility index (Phi) is 4.75. The van der Waals surface area contributed by atoms with Crippen molar-refractivity contribution in [3.63, 3.8) is 0 Å². The van der Waals surface area contributed by atoms with Gasteiger partial charge in [-0.15, -0.1) is 0 Å². The number of benzene rings is 3. The fraction of sp³-hybridized carbons (Fsp3) is 0.0500. The van der Waals surface area contributed by atoms with Gasteiger partial charge in [-0.2, -0.15) is 13.2 Å². The van der Waals surface area contributed by atoms with Gasteiger partial charge >= 0.3 is 12.1 Å². The Balaban J connectivity index is 1.94. The van der Waals surface area contributed by atoms with Crippen molar-refractivity contribution in [1.82, 2.24) is 0 Å². The lowest BCUT2D eigenvalue weighted by molar-refractivity contribution is -0.137. The third-order valence-corrected chi connectivity index (χ3v) is 3.64. The van der Waals surface area contributed by atoms with Crippen LogP contribution < -0.4 is 4.74 Å². The first kappa shape index (κ1) is 17.7. The van der Waals surface area contributed by atoms with Crippen molar-refractivity contribution in [2.24, 2.45) is 0 Å². The molecule has 0 saturated heterocycles. The van der Waals surface area contributed by atoms with Crippen LogP contribution in [-0.2, 0) is 6.18 Å². The summed E-state index contributed by atoms with van der Waals surface area (Å²) in [4.78, 5) is 12.3. The smallest absolute Gasteiger partial charge is 0.416 e. The normalized spacial score (nSPS) is 11.2. The van der Waals surface area contributed by atoms with Crippen LogP contribution in [0.15, 0.2) is 72.8 Å². The van der Waals surface area contributed by atoms with Crippen LogP contribution >= 0.6 is 0 Å². The molecule has 3 aromatic carbocycles. The van der Waals surface area contributed by atoms with E-state index in [0.717, 1.165) is 5.56 Å². The van der Waals surface area contributed by atoms with Crippen LogP contribution in [0.25, 0.3) is 11.1 Å². The van der Waals surface area contributed by atoms with E-state index in [1.807, 2.05) is 6.07 Å². The van der Waals surface area contributed by atoms with E-state index in [4.69, 9.17) is 4.74 Å². The summed E-state index contributed by atoms with van der Waals surface area (Å²) in [5.74, 6) is -2.07. The summed E-state index contributed by atoms with van der Waals surface area (Å²) in [6.07, 6.45) is -4.76. The molecular weight excluding hydrogens is 348 g/mol. The van der Waals surface area contributed by atoms with Crippen LogP contribution in [0, 0.1) is 5.82 Å². The summed E-state index contributed by atoms with van der Waals surface area (Å²) in [6.45, 7) is 0. The second-order valence-corrected chi connectivity index (χ2v) is 5.48. The molecule has 0 bridgehead atoms. The van der Waals surface area contributed by atoms with Gasteiger partial charge < -0.3 is 4.74 Å². The van der Waals surface area contributed by atoms with Crippen molar-refractivity contribution in [2.75, 3.05) is 0 Å². The molecule has 6 heteroatoms. The Labute approximate surface area is 146 Å². The van der Waals surface area contributed by atoms with Crippen molar-refractivity contribution in [3.8, 4) is 16.9 Å². The van der Waals surface area contributed by atoms with Crippen molar-refractivity contribution in [3.05, 3.63) is 89.7 Å². The maximum atomic E-state index is 13.5. The molecule has 0 N–H and O–H groups in total. The molecular formula is C20H12F4O2. The first-order valence-electron chi connectivity index (χ1n) is 7.59. The molecule has 0 fully saturated rings. The van der Waals surface area contributed by atoms with Gasteiger partial charge in [0.15, 0.2) is 0 Å². The minimum absolute atomic E-state index is 0.168. The quantitative estimate of drug-likeness (QED) is 0.339. The molecule has 26 heavy (non-hydrogen) atoms. The van der Waals surface area contributed by atoms with Crippen LogP contribution in [0.3, 0.4) is 0 Å². The van der Waals surface area contributed by atoms with E-state index in [9.17, 15) is 22.4 Å². The van der Waals surface area contributed by atoms with E-state index < -0.39 is 29.1 Å². The minimum Gasteiger partial charge on any atom is -0.422 e. The lowest BCUT2D eigenvalue weighted by atomic mass is 10.0. The molecule has 0 aliphatic carbocycles. The highest BCUT2D eigenvalue weighted by Crippen LogP contribution is 2.32. The van der Waals surface area contributed by atoms with Gasteiger partial charge in [-0.05, 0) is 29.8 Å². The van der Waals surface area contributed by atoms with Crippen molar-refractivity contribution < 1.29 is 27.1 Å². The SMILES string of the molecule is O=C(Oc1ccccc1-c1ccccc1)c1cc(F)cc(C(F)(F)F)c1. The third-order valence-electron chi connectivity index (χ3n) is 3.64. The van der Waals surface area contributed by atoms with Crippen molar-refractivity contribution in [2.45, 2.75) is 6.18 Å². The number of carbonyl (C=O) groups is 1. The predicted octanol–water partition coefficient (Wildman–Crippen LogP) is 5.73. The molecule has 3 rings (SSSR count). The summed E-state index contributed by atoms with van der Waals surface area (Å²) in [7, 11) is 0. The van der Waals surface area contributed by atoms with Crippen molar-refractivity contribution in [1.29, 1.82) is 0 Å². The number of rotatable bonds is 3. The largest absolute Gasteiger partial charge is 0.422 e. The molecule has 2 nitrogen and oxygen atoms in total. The average molecular weight is 360 g/mol. The van der Waals surface area contributed by atoms with Gasteiger partial charge in [0.1, 0.15) is 11.6 Å². The minimum atomic E-state index is -4.76. The molecule has 0 aliphatic heterocycles. The molecule has 132 valence electrons. The predicted molar refractivity (Wildman–Crippen MR) is 88.2 cm³/mol. The Morgan fingerprint density at radius 1 is 0.846 bits per heavy atom. The fourth-order valence-corrected chi connectivity index (χ4v) is 2.44. The van der Waals surface area contributed by atoms with Crippen molar-refractivity contribution >= 4 is 5.97 Å². The van der Waals surface area contributed by atoms with Crippen LogP contribution in [-0.4, -0.2) is 5.97 Å². The highest BCUT2D eigenvalue weighted by atomic mass is 19.4. The first-order valence-corrected chi connectivity index (χ1v) is 7.59. The fourth-order valence-electron chi connectivity index (χ4n) is 2.44. The van der Waals surface area contributed by atoms with E-state index in [2.05, 4.69) is 0 Å². The molecule has 3 aromatic rings. The second-order valence-electron chi connectivity index (χ2n) is 5.48. The Morgan fingerprint density at radius 3 is 2.19 bits per heavy atom. The summed E-state index contributed by atoms with van der Waals surface area (Å²) in [5.41, 5.74) is -0.402. The lowest BCUT2D eigenvalue weighted by Crippen LogP contribution is -2.13. The number of hydrogen-bond acceptors (Lipinski definition) is 2. The highest BCUT2D eigenvalue weighted by Gasteiger charge is 2.32. The number of carbonyl (C=O) groups excluding carboxylic acids is 1. The number of para-hydroxylation sites is 1. The molecule has 0 heterocycles. The molecule has 0 atom stereocenters. The second kappa shape index (κ2) is 7.00. The number of esters is 1. The Hall–Kier alpha value is -3.15. The van der Waals surface area contributed by atoms with Gasteiger partial charge in [0.05, 0.1) is 11.1 Å². The standard InChI is InChI=1S/C20H12F4O2/c21-16-11-14(10-15(12-16)20(22,23)24)19(25)26-18-9-5-4-8-17(18)13-6-2-1-3-7-13/h1-12H. The van der Waals surface area contributed by atoms with Gasteiger partial charge in [0.2, 0.25) is 0 Å². The molecule has 0 spiro atoms. The van der Waals surface area contributed by atoms with Crippen LogP contribution in [0.2, 0.25) is 0 Å². The third kappa shape index (κ3) is 3.91. The van der Waals surface area contributed by atoms with Gasteiger partial charge in [0, 0.05) is 5.56 Å². The zero-order valence-corrected chi connectivity index (χ0v) is 13.3. The van der Waals surface area contributed by atoms with Gasteiger partial charge in [-0.3, -0.25) is 0 Å². The zero-order valence-electron chi connectivity index (χ0n) is 13.3. The van der Waals surface area contributed by atoms with E-state index in [-0.39, 0.29) is 5.75 Å². The van der Waals surface area contributed by atoms with Crippen LogP contribution in [0.5, 0.6) is 5.75 Å². The first-order chi connectivity index (χ1) is 12.3. The van der Waals surface area contributed by atoms with E-state index >= 15 is 0 Å². The number of alkyl halides is 3. The Bertz CT molecular complexity index is 934. The van der Waals surface area contributed by atoms with Gasteiger partial charge in [-0.25, -0.2) is 9.18 Å². The van der Waals surface area contributed by atoms with E-state index in [1.54, 1.807) is 42.5 Å². The molecule has 0 saturated carbocycles. The summed E-state index contributed by atoms with van der Waals surface area (Å²) in [5, 5.41) is 0. The molecule has 0 radical (unpaired) electrons. The number of ether oxygens (including phenoxy) is 1. The number of hydrogen-bond donors (Lipinski definition) is 0. The topological polar surface area (TPSA) is 26.3 Å². The monoisotopic (exact) mass is 360 g/mol. The molecule has 0 amide bonds. The molecule has 0 aliphatic rings. The van der Waals surface area contributed by atoms with E-state index in [1.165, 1.54) is 6.07 Å². The average Bonchev–Trinajstić information content (AvgIpc) is 2.61. The van der Waals surface area contributed by atoms with Gasteiger partial charge in [0.25, 0.3) is 0 Å². The lowest BCUT2D eigenvalue weighted by Gasteiger charge is -2.12. The summed E-state index contributed by atoms with van der Waals surface area (Å²) in [6, 6.07) is 17.2. The molecule has 0 aromatic heterocycles. The summed E-state index contributed by atoms with van der Waals surface area (Å²) < 4.78 is 57.1. The molecule has 0 unspecified atom stereocenters.